The van der Waals surface area contributed by atoms with Crippen molar-refractivity contribution >= 4 is 5.71 Å². The number of rotatable bonds is 2. The van der Waals surface area contributed by atoms with Gasteiger partial charge in [-0.1, -0.05) is 25.1 Å². The van der Waals surface area contributed by atoms with Crippen molar-refractivity contribution in [3.05, 3.63) is 41.5 Å². The Hall–Kier alpha value is -3.10. The monoisotopic (exact) mass is 344 g/mol. The average molecular weight is 344 g/mol. The summed E-state index contributed by atoms with van der Waals surface area (Å²) in [5.41, 5.74) is -0.0516. The fraction of sp³-hybridized carbons (Fsp3) is 0.429. The van der Waals surface area contributed by atoms with E-state index in [-0.39, 0.29) is 11.6 Å². The normalized spacial score (nSPS) is 29.3. The molecule has 0 spiro atoms. The molecule has 0 bridgehead atoms. The Morgan fingerprint density at radius 1 is 1.23 bits per heavy atom. The number of nitrogens with one attached hydrogen (secondary N) is 1. The van der Waals surface area contributed by atoms with E-state index in [0.29, 0.717) is 11.7 Å². The maximum Gasteiger partial charge on any atom is 0.189 e. The summed E-state index contributed by atoms with van der Waals surface area (Å²) in [4.78, 5) is 0. The van der Waals surface area contributed by atoms with Gasteiger partial charge < -0.3 is 10.1 Å². The van der Waals surface area contributed by atoms with Crippen LogP contribution in [0.15, 0.2) is 35.9 Å². The van der Waals surface area contributed by atoms with Crippen LogP contribution in [0.4, 0.5) is 0 Å². The Morgan fingerprint density at radius 2 is 1.96 bits per heavy atom. The molecule has 4 atom stereocenters. The number of nitrogens with zero attached hydrogens (tertiary/aromatic N) is 3. The van der Waals surface area contributed by atoms with Crippen LogP contribution in [-0.4, -0.2) is 12.8 Å². The number of methoxy groups -OCH3 is 1. The Morgan fingerprint density at radius 3 is 2.58 bits per heavy atom. The van der Waals surface area contributed by atoms with Crippen LogP contribution in [0.3, 0.4) is 0 Å². The molecule has 1 aromatic rings. The van der Waals surface area contributed by atoms with Gasteiger partial charge in [-0.05, 0) is 47.9 Å². The van der Waals surface area contributed by atoms with E-state index < -0.39 is 17.3 Å². The summed E-state index contributed by atoms with van der Waals surface area (Å²) >= 11 is 0. The molecular formula is C21H20N4O. The van der Waals surface area contributed by atoms with E-state index in [9.17, 15) is 15.8 Å². The molecule has 1 saturated carbocycles. The summed E-state index contributed by atoms with van der Waals surface area (Å²) in [5, 5.41) is 38.2. The van der Waals surface area contributed by atoms with Crippen molar-refractivity contribution in [2.45, 2.75) is 25.7 Å². The molecule has 1 unspecified atom stereocenters. The lowest BCUT2D eigenvalue weighted by molar-refractivity contribution is 0.283. The van der Waals surface area contributed by atoms with Crippen LogP contribution in [0.25, 0.3) is 0 Å². The molecule has 2 aliphatic rings. The largest absolute Gasteiger partial charge is 0.497 e. The Labute approximate surface area is 153 Å². The van der Waals surface area contributed by atoms with Gasteiger partial charge in [0, 0.05) is 5.92 Å². The van der Waals surface area contributed by atoms with Gasteiger partial charge >= 0.3 is 0 Å². The molecule has 1 N–H and O–H groups in total. The molecule has 0 saturated heterocycles. The number of allylic oxidation sites excluding steroid dienone is 2. The first-order chi connectivity index (χ1) is 12.5. The van der Waals surface area contributed by atoms with Crippen molar-refractivity contribution in [1.82, 2.24) is 0 Å². The van der Waals surface area contributed by atoms with Gasteiger partial charge in [0.2, 0.25) is 0 Å². The predicted molar refractivity (Wildman–Crippen MR) is 96.2 cm³/mol. The average Bonchev–Trinajstić information content (AvgIpc) is 2.67. The smallest absolute Gasteiger partial charge is 0.189 e. The number of fused-ring (bicyclic) bond motifs is 1. The van der Waals surface area contributed by atoms with Crippen LogP contribution in [0.5, 0.6) is 5.75 Å². The lowest BCUT2D eigenvalue weighted by Gasteiger charge is -2.46. The Balaban J connectivity index is 2.26. The number of hydrogen-bond acceptors (Lipinski definition) is 5. The van der Waals surface area contributed by atoms with E-state index in [4.69, 9.17) is 10.1 Å². The van der Waals surface area contributed by atoms with Crippen LogP contribution in [0, 0.1) is 62.6 Å². The highest BCUT2D eigenvalue weighted by molar-refractivity contribution is 6.00. The summed E-state index contributed by atoms with van der Waals surface area (Å²) in [6.45, 7) is 2.14. The minimum absolute atomic E-state index is 0.102. The molecule has 3 rings (SSSR count). The first kappa shape index (κ1) is 17.7. The van der Waals surface area contributed by atoms with Gasteiger partial charge in [0.25, 0.3) is 0 Å². The van der Waals surface area contributed by atoms with E-state index in [0.717, 1.165) is 24.0 Å². The molecule has 26 heavy (non-hydrogen) atoms. The van der Waals surface area contributed by atoms with Crippen molar-refractivity contribution in [1.29, 1.82) is 21.2 Å². The third-order valence-electron chi connectivity index (χ3n) is 5.69. The molecule has 2 aliphatic carbocycles. The maximum atomic E-state index is 9.97. The van der Waals surface area contributed by atoms with E-state index in [1.807, 2.05) is 30.3 Å². The molecule has 0 aromatic heterocycles. The first-order valence-corrected chi connectivity index (χ1v) is 8.67. The highest BCUT2D eigenvalue weighted by atomic mass is 16.5. The summed E-state index contributed by atoms with van der Waals surface area (Å²) in [6, 6.07) is 13.8. The zero-order valence-electron chi connectivity index (χ0n) is 14.9. The number of ether oxygens (including phenoxy) is 1. The van der Waals surface area contributed by atoms with Crippen molar-refractivity contribution in [3.63, 3.8) is 0 Å². The van der Waals surface area contributed by atoms with Crippen molar-refractivity contribution in [2.75, 3.05) is 7.11 Å². The minimum Gasteiger partial charge on any atom is -0.497 e. The first-order valence-electron chi connectivity index (χ1n) is 8.67. The van der Waals surface area contributed by atoms with Crippen molar-refractivity contribution < 1.29 is 4.74 Å². The van der Waals surface area contributed by atoms with E-state index in [1.165, 1.54) is 0 Å². The molecule has 1 aromatic carbocycles. The SMILES string of the molecule is COc1cccc([C@H]2[C@@H]3C[C@@H](C)CC=C3C(C#N)C(=N)C2(C#N)C#N)c1. The van der Waals surface area contributed by atoms with Crippen LogP contribution in [0.2, 0.25) is 0 Å². The third kappa shape index (κ3) is 2.47. The van der Waals surface area contributed by atoms with E-state index in [1.54, 1.807) is 7.11 Å². The lowest BCUT2D eigenvalue weighted by Crippen LogP contribution is -2.49. The third-order valence-corrected chi connectivity index (χ3v) is 5.69. The topological polar surface area (TPSA) is 104 Å². The summed E-state index contributed by atoms with van der Waals surface area (Å²) in [6.07, 6.45) is 3.70. The molecule has 0 amide bonds. The summed E-state index contributed by atoms with van der Waals surface area (Å²) in [7, 11) is 1.57. The zero-order chi connectivity index (χ0) is 18.9. The standard InChI is InChI=1S/C21H20N4O/c1-13-6-7-16-17(8-13)19(14-4-3-5-15(9-14)26-2)21(11-23,12-24)20(25)18(16)10-22/h3-5,7,9,13,17-19,25H,6,8H2,1-2H3/t13-,17+,18?,19-/m0/s1. The molecule has 0 heterocycles. The fourth-order valence-electron chi connectivity index (χ4n) is 4.42. The van der Waals surface area contributed by atoms with Gasteiger partial charge in [0.1, 0.15) is 11.7 Å². The minimum atomic E-state index is -1.65. The predicted octanol–water partition coefficient (Wildman–Crippen LogP) is 3.96. The Bertz CT molecular complexity index is 882. The molecule has 5 nitrogen and oxygen atoms in total. The van der Waals surface area contributed by atoms with Gasteiger partial charge in [0.15, 0.2) is 5.41 Å². The molecule has 0 aliphatic heterocycles. The fourth-order valence-corrected chi connectivity index (χ4v) is 4.42. The van der Waals surface area contributed by atoms with E-state index in [2.05, 4.69) is 25.1 Å². The summed E-state index contributed by atoms with van der Waals surface area (Å²) < 4.78 is 5.32. The molecule has 130 valence electrons. The zero-order valence-corrected chi connectivity index (χ0v) is 14.9. The second-order valence-corrected chi connectivity index (χ2v) is 7.15. The van der Waals surface area contributed by atoms with Crippen LogP contribution >= 0.6 is 0 Å². The van der Waals surface area contributed by atoms with Gasteiger partial charge in [-0.25, -0.2) is 0 Å². The highest BCUT2D eigenvalue weighted by Crippen LogP contribution is 2.56. The number of nitriles is 3. The Kier molecular flexibility index (Phi) is 4.54. The van der Waals surface area contributed by atoms with Crippen LogP contribution in [-0.2, 0) is 0 Å². The van der Waals surface area contributed by atoms with Gasteiger partial charge in [-0.3, -0.25) is 0 Å². The lowest BCUT2D eigenvalue weighted by atomic mass is 9.52. The van der Waals surface area contributed by atoms with Crippen LogP contribution in [0.1, 0.15) is 31.2 Å². The summed E-state index contributed by atoms with van der Waals surface area (Å²) in [5.74, 6) is -0.342. The maximum absolute atomic E-state index is 9.97. The van der Waals surface area contributed by atoms with E-state index >= 15 is 0 Å². The molecule has 5 heteroatoms. The van der Waals surface area contributed by atoms with Gasteiger partial charge in [-0.2, -0.15) is 15.8 Å². The highest BCUT2D eigenvalue weighted by Gasteiger charge is 2.57. The van der Waals surface area contributed by atoms with Gasteiger partial charge in [0.05, 0.1) is 31.0 Å². The number of benzene rings is 1. The quantitative estimate of drug-likeness (QED) is 0.820. The number of hydrogen-bond donors (Lipinski definition) is 1. The van der Waals surface area contributed by atoms with Crippen molar-refractivity contribution in [2.24, 2.45) is 23.2 Å². The molecular weight excluding hydrogens is 324 g/mol. The molecule has 1 fully saturated rings. The molecule has 0 radical (unpaired) electrons. The second-order valence-electron chi connectivity index (χ2n) is 7.15. The van der Waals surface area contributed by atoms with Crippen LogP contribution < -0.4 is 4.74 Å². The van der Waals surface area contributed by atoms with Crippen molar-refractivity contribution in [3.8, 4) is 24.0 Å². The second kappa shape index (κ2) is 6.66. The van der Waals surface area contributed by atoms with Gasteiger partial charge in [-0.15, -0.1) is 0 Å².